The number of carboxylic acids is 1. The summed E-state index contributed by atoms with van der Waals surface area (Å²) < 4.78 is 42.8. The maximum atomic E-state index is 14.1. The standard InChI is InChI=1S/C32H59N8O6P.C30H39BrN6O6.C20H12O5.C4H7N3O/c1-6-8-10-11-13-16-28(42)26-47(44,37(3)4)40-20-18-39(19-21-40)31-34-30(38(5)25-29(33)43)35-32(36-31)46-24-23-45-22-14-17-27(41)15-12-9-7-2;1-20(38)14-18-37-19-23(34-35-37)10-11-24(40)7-5-4-6-16-32-30(42)43-27(15-17-36(3)21(2)39)25-12-8-22-9-13-26(41)28(31)29(22)33-25;21-11-5-7-15-17(9-11)25-18-10-12(22)6-8-16(18)19(15)13-3-1-2-4-14(13)20(23)24;1-4(8)2-3-6-7-5/h6-26H2,1-5H3,(H2,33,43);8-9,12-13,19,27,41H,4-7,10-11,14-18H2,1-3H3,(H,32,42);1-10,21H,(H,23,24);2-3H2,1H3. The molecule has 2 atom stereocenters. The smallest absolute Gasteiger partial charge is 0.407 e. The van der Waals surface area contributed by atoms with Crippen LogP contribution in [-0.4, -0.2) is 224 Å². The van der Waals surface area contributed by atoms with Crippen molar-refractivity contribution in [3.8, 4) is 40.0 Å². The monoisotopic (exact) mass is 1790 g/mol. The molecule has 3 aromatic carbocycles. The largest absolute Gasteiger partial charge is 0.508 e. The molecule has 1 aliphatic carbocycles. The second-order valence-corrected chi connectivity index (χ2v) is 33.8. The Bertz CT molecular complexity index is 4960. The number of fused-ring (bicyclic) bond motifs is 3. The second-order valence-electron chi connectivity index (χ2n) is 30.0. The zero-order valence-corrected chi connectivity index (χ0v) is 74.3. The Morgan fingerprint density at radius 3 is 2.08 bits per heavy atom. The predicted molar refractivity (Wildman–Crippen MR) is 471 cm³/mol. The number of ether oxygens (including phenoxy) is 3. The number of benzene rings is 4. The quantitative estimate of drug-likeness (QED) is 0.00590. The first kappa shape index (κ1) is 101. The molecule has 2 aliphatic heterocycles. The van der Waals surface area contributed by atoms with Crippen molar-refractivity contribution in [3.63, 3.8) is 0 Å². The average Bonchev–Trinajstić information content (AvgIpc) is 1.56. The van der Waals surface area contributed by atoms with Gasteiger partial charge in [-0.05, 0) is 142 Å². The number of piperazine rings is 1. The van der Waals surface area contributed by atoms with Crippen LogP contribution in [0.1, 0.15) is 191 Å². The van der Waals surface area contributed by atoms with Gasteiger partial charge in [-0.1, -0.05) is 93.4 Å². The van der Waals surface area contributed by atoms with Crippen molar-refractivity contribution in [1.29, 1.82) is 0 Å². The molecule has 3 amide bonds. The summed E-state index contributed by atoms with van der Waals surface area (Å²) in [5.74, 6) is -0.0637. The maximum absolute atomic E-state index is 14.1. The summed E-state index contributed by atoms with van der Waals surface area (Å²) >= 11 is 3.37. The number of amides is 3. The molecule has 666 valence electrons. The van der Waals surface area contributed by atoms with Gasteiger partial charge in [-0.25, -0.2) is 23.9 Å². The Morgan fingerprint density at radius 2 is 1.40 bits per heavy atom. The SMILES string of the molecule is CC(=O)CCN=[N+]=[N-].CC(=O)CCn1cc(CCC(=O)CCCCCNC(=O)OC(CCN(C)C(C)=O)c2ccc3ccc(O)c(Br)c3n2)nn1.CCCCCCCC(=O)CP(=O)(N(C)C)N1CCN(c2nc(OCCOCCCC(=O)CCCCC)nc(N(C)CC(N)=O)n2)CC1.O=C(O)c1ccccc1-c1c2ccc(=O)cc-2oc2cc(O)ccc12. The highest BCUT2D eigenvalue weighted by Crippen LogP contribution is 2.52. The molecule has 37 heteroatoms. The number of aromatic nitrogens is 7. The summed E-state index contributed by atoms with van der Waals surface area (Å²) in [6.07, 6.45) is 15.8. The fourth-order valence-electron chi connectivity index (χ4n) is 12.9. The first-order chi connectivity index (χ1) is 58.8. The number of azide groups is 1. The number of carboxylic acid groups (broad SMARTS) is 1. The van der Waals surface area contributed by atoms with Crippen molar-refractivity contribution in [1.82, 2.24) is 54.5 Å². The molecule has 0 saturated carbocycles. The number of anilines is 2. The number of Topliss-reactive ketones (excluding diaryl/α,β-unsaturated/α-hetero) is 5. The van der Waals surface area contributed by atoms with Gasteiger partial charge in [-0.15, -0.1) is 5.10 Å². The number of aryl methyl sites for hydroxylation is 2. The Hall–Kier alpha value is -11.2. The van der Waals surface area contributed by atoms with Crippen LogP contribution >= 0.6 is 23.4 Å². The van der Waals surface area contributed by atoms with Gasteiger partial charge in [0.25, 0.3) is 0 Å². The topological polar surface area (TPSA) is 475 Å². The fraction of sp³-hybridized carbons (Fsp3) is 0.512. The molecule has 3 aliphatic rings. The molecule has 123 heavy (non-hydrogen) atoms. The van der Waals surface area contributed by atoms with E-state index >= 15 is 0 Å². The molecule has 5 heterocycles. The van der Waals surface area contributed by atoms with Gasteiger partial charge in [-0.2, -0.15) is 15.0 Å². The molecule has 35 nitrogen and oxygen atoms in total. The highest BCUT2D eigenvalue weighted by atomic mass is 79.9. The van der Waals surface area contributed by atoms with Crippen molar-refractivity contribution in [2.75, 3.05) is 116 Å². The first-order valence-corrected chi connectivity index (χ1v) is 44.1. The number of alkyl carbamates (subject to hydrolysis) is 1. The molecule has 3 aromatic heterocycles. The molecule has 6 N–H and O–H groups in total. The van der Waals surface area contributed by atoms with Crippen molar-refractivity contribution < 1.29 is 81.7 Å². The van der Waals surface area contributed by atoms with Gasteiger partial charge in [0, 0.05) is 176 Å². The molecule has 1 fully saturated rings. The summed E-state index contributed by atoms with van der Waals surface area (Å²) in [7, 11) is 3.81. The molecule has 9 rings (SSSR count). The lowest BCUT2D eigenvalue weighted by Crippen LogP contribution is -2.47. The molecule has 2 unspecified atom stereocenters. The number of nitrogens with zero attached hydrogens (tertiary/aromatic N) is 15. The number of hydrogen-bond acceptors (Lipinski definition) is 26. The third kappa shape index (κ3) is 34.6. The minimum atomic E-state index is -3.07. The van der Waals surface area contributed by atoms with Gasteiger partial charge in [0.15, 0.2) is 5.43 Å². The third-order valence-corrected chi connectivity index (χ3v) is 23.9. The summed E-state index contributed by atoms with van der Waals surface area (Å²) in [4.78, 5) is 143. The minimum absolute atomic E-state index is 0.0198. The van der Waals surface area contributed by atoms with E-state index in [0.717, 1.165) is 62.4 Å². The van der Waals surface area contributed by atoms with Crippen molar-refractivity contribution in [2.24, 2.45) is 10.8 Å². The number of likely N-dealkylation sites (N-methyl/N-ethyl adjacent to an activating group) is 1. The van der Waals surface area contributed by atoms with Gasteiger partial charge < -0.3 is 64.5 Å². The number of hydrogen-bond donors (Lipinski definition) is 5. The fourth-order valence-corrected chi connectivity index (χ4v) is 15.8. The molecule has 1 saturated heterocycles. The van der Waals surface area contributed by atoms with Gasteiger partial charge in [0.05, 0.1) is 46.3 Å². The van der Waals surface area contributed by atoms with E-state index in [0.29, 0.717) is 191 Å². The van der Waals surface area contributed by atoms with Gasteiger partial charge in [-0.3, -0.25) is 42.8 Å². The van der Waals surface area contributed by atoms with Crippen LogP contribution < -0.4 is 31.0 Å². The number of aromatic hydroxyl groups is 2. The number of nitrogens with two attached hydrogens (primary N) is 1. The van der Waals surface area contributed by atoms with Crippen LogP contribution in [0.5, 0.6) is 17.5 Å². The second kappa shape index (κ2) is 53.0. The van der Waals surface area contributed by atoms with E-state index in [1.54, 1.807) is 97.2 Å². The summed E-state index contributed by atoms with van der Waals surface area (Å²) in [6, 6.07) is 22.7. The van der Waals surface area contributed by atoms with Crippen molar-refractivity contribution in [3.05, 3.63) is 133 Å². The van der Waals surface area contributed by atoms with Crippen LogP contribution in [0.2, 0.25) is 0 Å². The lowest BCUT2D eigenvalue weighted by Gasteiger charge is -2.41. The number of rotatable bonds is 48. The first-order valence-electron chi connectivity index (χ1n) is 41.5. The minimum Gasteiger partial charge on any atom is -0.508 e. The average molecular weight is 1790 g/mol. The Morgan fingerprint density at radius 1 is 0.732 bits per heavy atom. The van der Waals surface area contributed by atoms with Crippen LogP contribution in [0.25, 0.3) is 54.8 Å². The number of halogens is 1. The lowest BCUT2D eigenvalue weighted by atomic mass is 9.91. The Kier molecular flexibility index (Phi) is 43.4. The Labute approximate surface area is 724 Å². The number of phenols is 2. The summed E-state index contributed by atoms with van der Waals surface area (Å²) in [6.45, 7) is 13.0. The van der Waals surface area contributed by atoms with Gasteiger partial charge >= 0.3 is 18.1 Å². The number of carbonyl (C=O) groups is 9. The molecular formula is C86H117BrN17O18P. The van der Waals surface area contributed by atoms with Gasteiger partial charge in [0.2, 0.25) is 31.2 Å². The van der Waals surface area contributed by atoms with Crippen molar-refractivity contribution in [2.45, 2.75) is 182 Å². The van der Waals surface area contributed by atoms with Crippen LogP contribution in [-0.2, 0) is 60.6 Å². The maximum Gasteiger partial charge on any atom is 0.407 e. The third-order valence-electron chi connectivity index (χ3n) is 19.9. The number of phenolic OH excluding ortho intramolecular Hbond substituents is 2. The van der Waals surface area contributed by atoms with E-state index in [1.807, 2.05) is 15.6 Å². The van der Waals surface area contributed by atoms with E-state index in [9.17, 15) is 67.8 Å². The Balaban J connectivity index is 0.000000282. The van der Waals surface area contributed by atoms with Crippen LogP contribution in [0.3, 0.4) is 0 Å². The predicted octanol–water partition coefficient (Wildman–Crippen LogP) is 13.8. The molecular weight excluding hydrogens is 1670 g/mol. The molecule has 6 aromatic rings. The normalized spacial score (nSPS) is 12.6. The highest BCUT2D eigenvalue weighted by Gasteiger charge is 2.38. The van der Waals surface area contributed by atoms with E-state index in [2.05, 4.69) is 75.4 Å². The van der Waals surface area contributed by atoms with E-state index in [1.165, 1.54) is 62.4 Å². The van der Waals surface area contributed by atoms with Gasteiger partial charge in [0.1, 0.15) is 64.5 Å². The number of unbranched alkanes of at least 4 members (excludes halogenated alkanes) is 8. The number of ketones is 5. The molecule has 0 spiro atoms. The summed E-state index contributed by atoms with van der Waals surface area (Å²) in [5, 5.41) is 44.8. The zero-order chi connectivity index (χ0) is 90.0. The van der Waals surface area contributed by atoms with E-state index in [-0.39, 0.29) is 95.1 Å². The number of primary amides is 1. The number of carbonyl (C=O) groups excluding carboxylic acids is 8. The van der Waals surface area contributed by atoms with Crippen molar-refractivity contribution >= 4 is 110 Å². The number of aromatic carboxylic acids is 1. The van der Waals surface area contributed by atoms with E-state index in [4.69, 9.17) is 29.9 Å². The van der Waals surface area contributed by atoms with E-state index < -0.39 is 31.5 Å². The molecule has 0 bridgehead atoms. The van der Waals surface area contributed by atoms with Crippen LogP contribution in [0, 0.1) is 0 Å². The summed E-state index contributed by atoms with van der Waals surface area (Å²) in [5.41, 5.74) is 17.0. The van der Waals surface area contributed by atoms with Crippen LogP contribution in [0.15, 0.2) is 110 Å². The number of nitrogens with one attached hydrogen (secondary N) is 1. The lowest BCUT2D eigenvalue weighted by molar-refractivity contribution is -0.128. The highest BCUT2D eigenvalue weighted by molar-refractivity contribution is 9.10. The van der Waals surface area contributed by atoms with Crippen LogP contribution in [0.4, 0.5) is 16.7 Å². The zero-order valence-electron chi connectivity index (χ0n) is 71.9. The molecule has 0 radical (unpaired) electrons. The number of pyridine rings is 1.